The highest BCUT2D eigenvalue weighted by molar-refractivity contribution is 5.72. The van der Waals surface area contributed by atoms with Crippen LogP contribution in [0.5, 0.6) is 11.5 Å². The molecule has 0 aliphatic heterocycles. The van der Waals surface area contributed by atoms with Gasteiger partial charge in [-0.05, 0) is 47.5 Å². The van der Waals surface area contributed by atoms with E-state index < -0.39 is 0 Å². The van der Waals surface area contributed by atoms with Crippen molar-refractivity contribution >= 4 is 12.2 Å². The molecule has 0 unspecified atom stereocenters. The van der Waals surface area contributed by atoms with Gasteiger partial charge in [0.1, 0.15) is 11.5 Å². The molecule has 1 aromatic carbocycles. The maximum absolute atomic E-state index is 9.47. The van der Waals surface area contributed by atoms with E-state index in [4.69, 9.17) is 0 Å². The van der Waals surface area contributed by atoms with Crippen molar-refractivity contribution < 1.29 is 10.2 Å². The second kappa shape index (κ2) is 6.10. The van der Waals surface area contributed by atoms with Crippen molar-refractivity contribution in [2.24, 2.45) is 0 Å². The second-order valence-electron chi connectivity index (χ2n) is 4.81. The number of phenols is 2. The predicted octanol–water partition coefficient (Wildman–Crippen LogP) is 3.73. The summed E-state index contributed by atoms with van der Waals surface area (Å²) in [6.07, 6.45) is 7.16. The molecule has 0 bridgehead atoms. The van der Waals surface area contributed by atoms with Crippen molar-refractivity contribution in [3.63, 3.8) is 0 Å². The van der Waals surface area contributed by atoms with Gasteiger partial charge in [0.25, 0.3) is 0 Å². The highest BCUT2D eigenvalue weighted by Gasteiger charge is 2.00. The fourth-order valence-electron chi connectivity index (χ4n) is 2.11. The van der Waals surface area contributed by atoms with Crippen LogP contribution in [0, 0.1) is 0 Å². The van der Waals surface area contributed by atoms with Crippen LogP contribution < -0.4 is 0 Å². The number of benzene rings is 1. The molecule has 2 aromatic heterocycles. The number of rotatable bonds is 3. The van der Waals surface area contributed by atoms with Gasteiger partial charge in [-0.25, -0.2) is 0 Å². The van der Waals surface area contributed by atoms with Crippen molar-refractivity contribution in [1.29, 1.82) is 0 Å². The van der Waals surface area contributed by atoms with Crippen molar-refractivity contribution in [3.05, 3.63) is 72.1 Å². The molecule has 108 valence electrons. The van der Waals surface area contributed by atoms with Gasteiger partial charge in [0, 0.05) is 18.5 Å². The Labute approximate surface area is 128 Å². The van der Waals surface area contributed by atoms with E-state index >= 15 is 0 Å². The van der Waals surface area contributed by atoms with Gasteiger partial charge in [0.05, 0.1) is 11.4 Å². The van der Waals surface area contributed by atoms with E-state index in [1.165, 1.54) is 6.07 Å². The molecule has 2 N–H and O–H groups in total. The SMILES string of the molecule is Oc1cc(O)cc(/C=C\c2ccnc(-c3ccccn3)c2)c1. The largest absolute Gasteiger partial charge is 0.508 e. The van der Waals surface area contributed by atoms with Crippen LogP contribution in [0.4, 0.5) is 0 Å². The Kier molecular flexibility index (Phi) is 3.83. The number of pyridine rings is 2. The predicted molar refractivity (Wildman–Crippen MR) is 86.2 cm³/mol. The first-order valence-electron chi connectivity index (χ1n) is 6.79. The van der Waals surface area contributed by atoms with Gasteiger partial charge in [-0.1, -0.05) is 18.2 Å². The van der Waals surface area contributed by atoms with Gasteiger partial charge in [0.15, 0.2) is 0 Å². The fraction of sp³-hybridized carbons (Fsp3) is 0. The highest BCUT2D eigenvalue weighted by Crippen LogP contribution is 2.22. The minimum Gasteiger partial charge on any atom is -0.508 e. The van der Waals surface area contributed by atoms with Gasteiger partial charge in [-0.2, -0.15) is 0 Å². The van der Waals surface area contributed by atoms with Crippen LogP contribution in [0.15, 0.2) is 60.9 Å². The Hall–Kier alpha value is -3.14. The lowest BCUT2D eigenvalue weighted by molar-refractivity contribution is 0.450. The average molecular weight is 290 g/mol. The summed E-state index contributed by atoms with van der Waals surface area (Å²) >= 11 is 0. The number of nitrogens with zero attached hydrogens (tertiary/aromatic N) is 2. The molecule has 4 heteroatoms. The molecule has 0 saturated heterocycles. The summed E-state index contributed by atoms with van der Waals surface area (Å²) in [4.78, 5) is 8.60. The molecule has 3 rings (SSSR count). The first-order valence-corrected chi connectivity index (χ1v) is 6.79. The first kappa shape index (κ1) is 13.8. The zero-order chi connectivity index (χ0) is 15.4. The smallest absolute Gasteiger partial charge is 0.119 e. The highest BCUT2D eigenvalue weighted by atomic mass is 16.3. The van der Waals surface area contributed by atoms with Gasteiger partial charge in [-0.15, -0.1) is 0 Å². The van der Waals surface area contributed by atoms with Crippen LogP contribution in [-0.2, 0) is 0 Å². The summed E-state index contributed by atoms with van der Waals surface area (Å²) in [6.45, 7) is 0. The molecule has 2 heterocycles. The van der Waals surface area contributed by atoms with Crippen LogP contribution in [0.1, 0.15) is 11.1 Å². The normalized spacial score (nSPS) is 10.9. The maximum Gasteiger partial charge on any atom is 0.119 e. The molecule has 4 nitrogen and oxygen atoms in total. The Morgan fingerprint density at radius 2 is 1.41 bits per heavy atom. The molecule has 0 fully saturated rings. The third-order valence-electron chi connectivity index (χ3n) is 3.10. The van der Waals surface area contributed by atoms with Crippen LogP contribution in [0.25, 0.3) is 23.5 Å². The third kappa shape index (κ3) is 3.30. The number of hydrogen-bond donors (Lipinski definition) is 2. The Morgan fingerprint density at radius 1 is 0.682 bits per heavy atom. The zero-order valence-electron chi connectivity index (χ0n) is 11.7. The molecule has 0 radical (unpaired) electrons. The molecule has 3 aromatic rings. The number of hydrogen-bond acceptors (Lipinski definition) is 4. The van der Waals surface area contributed by atoms with Gasteiger partial charge >= 0.3 is 0 Å². The molecular weight excluding hydrogens is 276 g/mol. The van der Waals surface area contributed by atoms with E-state index in [1.807, 2.05) is 42.5 Å². The summed E-state index contributed by atoms with van der Waals surface area (Å²) in [5, 5.41) is 18.9. The van der Waals surface area contributed by atoms with Crippen LogP contribution in [-0.4, -0.2) is 20.2 Å². The average Bonchev–Trinajstić information content (AvgIpc) is 2.53. The van der Waals surface area contributed by atoms with E-state index in [9.17, 15) is 10.2 Å². The van der Waals surface area contributed by atoms with Crippen LogP contribution in [0.3, 0.4) is 0 Å². The number of aromatic hydroxyl groups is 2. The quantitative estimate of drug-likeness (QED) is 0.771. The minimum atomic E-state index is 0.0311. The summed E-state index contributed by atoms with van der Waals surface area (Å²) in [5.74, 6) is 0.0621. The maximum atomic E-state index is 9.47. The molecule has 0 aliphatic rings. The number of aromatic nitrogens is 2. The summed E-state index contributed by atoms with van der Waals surface area (Å²) < 4.78 is 0. The van der Waals surface area contributed by atoms with E-state index in [2.05, 4.69) is 9.97 Å². The van der Waals surface area contributed by atoms with Crippen molar-refractivity contribution in [2.45, 2.75) is 0 Å². The summed E-state index contributed by atoms with van der Waals surface area (Å²) in [7, 11) is 0. The zero-order valence-corrected chi connectivity index (χ0v) is 11.7. The van der Waals surface area contributed by atoms with Crippen molar-refractivity contribution in [3.8, 4) is 22.9 Å². The molecule has 0 saturated carbocycles. The van der Waals surface area contributed by atoms with Gasteiger partial charge < -0.3 is 10.2 Å². The molecule has 0 amide bonds. The lowest BCUT2D eigenvalue weighted by Gasteiger charge is -2.01. The van der Waals surface area contributed by atoms with Gasteiger partial charge in [-0.3, -0.25) is 9.97 Å². The van der Waals surface area contributed by atoms with E-state index in [1.54, 1.807) is 24.5 Å². The Morgan fingerprint density at radius 3 is 2.14 bits per heavy atom. The Balaban J connectivity index is 1.88. The monoisotopic (exact) mass is 290 g/mol. The Bertz CT molecular complexity index is 794. The first-order chi connectivity index (χ1) is 10.7. The van der Waals surface area contributed by atoms with Crippen LogP contribution >= 0.6 is 0 Å². The molecular formula is C18H14N2O2. The van der Waals surface area contributed by atoms with E-state index in [-0.39, 0.29) is 11.5 Å². The standard InChI is InChI=1S/C18H14N2O2/c21-15-9-14(10-16(22)12-15)5-4-13-6-8-20-18(11-13)17-3-1-2-7-19-17/h1-12,21-22H/b5-4-. The minimum absolute atomic E-state index is 0.0311. The molecule has 0 spiro atoms. The molecule has 22 heavy (non-hydrogen) atoms. The molecule has 0 aliphatic carbocycles. The topological polar surface area (TPSA) is 66.2 Å². The summed E-state index contributed by atoms with van der Waals surface area (Å²) in [6, 6.07) is 14.0. The van der Waals surface area contributed by atoms with Crippen LogP contribution in [0.2, 0.25) is 0 Å². The summed E-state index contributed by atoms with van der Waals surface area (Å²) in [5.41, 5.74) is 3.28. The third-order valence-corrected chi connectivity index (χ3v) is 3.10. The lowest BCUT2D eigenvalue weighted by Crippen LogP contribution is -1.86. The van der Waals surface area contributed by atoms with E-state index in [0.717, 1.165) is 17.0 Å². The fourth-order valence-corrected chi connectivity index (χ4v) is 2.11. The van der Waals surface area contributed by atoms with Gasteiger partial charge in [0.2, 0.25) is 0 Å². The number of phenolic OH excluding ortho intramolecular Hbond substituents is 2. The second-order valence-corrected chi connectivity index (χ2v) is 4.81. The van der Waals surface area contributed by atoms with Crippen molar-refractivity contribution in [2.75, 3.05) is 0 Å². The molecule has 0 atom stereocenters. The van der Waals surface area contributed by atoms with E-state index in [0.29, 0.717) is 5.56 Å². The lowest BCUT2D eigenvalue weighted by atomic mass is 10.1. The van der Waals surface area contributed by atoms with Crippen molar-refractivity contribution in [1.82, 2.24) is 9.97 Å².